The second kappa shape index (κ2) is 1.76. The van der Waals surface area contributed by atoms with Crippen LogP contribution in [0.5, 0.6) is 0 Å². The van der Waals surface area contributed by atoms with Gasteiger partial charge in [0.25, 0.3) is 0 Å². The molecule has 0 spiro atoms. The van der Waals surface area contributed by atoms with E-state index in [1.54, 1.807) is 0 Å². The monoisotopic (exact) mass is 164 g/mol. The van der Waals surface area contributed by atoms with Crippen molar-refractivity contribution in [3.63, 3.8) is 0 Å². The van der Waals surface area contributed by atoms with Crippen LogP contribution in [0, 0.1) is 0 Å². The number of hydrogen-bond acceptors (Lipinski definition) is 2. The van der Waals surface area contributed by atoms with E-state index in [1.165, 1.54) is 0 Å². The number of rotatable bonds is 1. The molecule has 0 bridgehead atoms. The molecule has 7 heavy (non-hydrogen) atoms. The van der Waals surface area contributed by atoms with Crippen molar-refractivity contribution in [2.24, 2.45) is 0 Å². The van der Waals surface area contributed by atoms with Crippen molar-refractivity contribution in [3.8, 4) is 0 Å². The minimum absolute atomic E-state index is 0.0972. The third-order valence-electron chi connectivity index (χ3n) is 1.14. The van der Waals surface area contributed by atoms with E-state index < -0.39 is 7.12 Å². The Bertz CT molecular complexity index is 77.3. The van der Waals surface area contributed by atoms with Crippen LogP contribution in [0.2, 0.25) is 5.82 Å². The molecule has 0 aromatic heterocycles. The van der Waals surface area contributed by atoms with E-state index >= 15 is 0 Å². The first kappa shape index (κ1) is 5.60. The number of hydrogen-bond donors (Lipinski definition) is 2. The van der Waals surface area contributed by atoms with Crippen LogP contribution in [0.25, 0.3) is 0 Å². The van der Waals surface area contributed by atoms with Gasteiger partial charge in [-0.3, -0.25) is 0 Å². The zero-order chi connectivity index (χ0) is 5.44. The van der Waals surface area contributed by atoms with E-state index in [4.69, 9.17) is 10.0 Å². The van der Waals surface area contributed by atoms with Crippen molar-refractivity contribution < 1.29 is 10.0 Å². The van der Waals surface area contributed by atoms with Gasteiger partial charge in [0.1, 0.15) is 0 Å². The molecular weight excluding hydrogens is 159 g/mol. The van der Waals surface area contributed by atoms with Crippen LogP contribution in [-0.2, 0) is 0 Å². The first-order valence-corrected chi connectivity index (χ1v) is 3.13. The average Bonchev–Trinajstić information content (AvgIpc) is 2.17. The lowest BCUT2D eigenvalue weighted by molar-refractivity contribution is 0.404. The maximum absolute atomic E-state index is 8.39. The largest absolute Gasteiger partial charge is 0.455 e. The summed E-state index contributed by atoms with van der Waals surface area (Å²) in [4.78, 5) is 0.354. The van der Waals surface area contributed by atoms with Crippen molar-refractivity contribution in [2.75, 3.05) is 0 Å². The van der Waals surface area contributed by atoms with Gasteiger partial charge in [-0.15, -0.1) is 0 Å². The molecule has 1 saturated carbocycles. The predicted octanol–water partition coefficient (Wildman–Crippen LogP) is -0.00340. The predicted molar refractivity (Wildman–Crippen MR) is 31.3 cm³/mol. The summed E-state index contributed by atoms with van der Waals surface area (Å²) in [5, 5.41) is 16.8. The van der Waals surface area contributed by atoms with Gasteiger partial charge in [-0.25, -0.2) is 0 Å². The van der Waals surface area contributed by atoms with Crippen LogP contribution in [-0.4, -0.2) is 22.0 Å². The maximum Gasteiger partial charge on any atom is 0.455 e. The first-order valence-electron chi connectivity index (χ1n) is 2.22. The summed E-state index contributed by atoms with van der Waals surface area (Å²) in [5.74, 6) is 0.0972. The second-order valence-electron chi connectivity index (χ2n) is 1.83. The van der Waals surface area contributed by atoms with Crippen molar-refractivity contribution in [3.05, 3.63) is 0 Å². The second-order valence-corrected chi connectivity index (χ2v) is 3.01. The Hall–Kier alpha value is 0.465. The van der Waals surface area contributed by atoms with Crippen molar-refractivity contribution in [2.45, 2.75) is 17.1 Å². The summed E-state index contributed by atoms with van der Waals surface area (Å²) in [6.07, 6.45) is 0.900. The highest BCUT2D eigenvalue weighted by Gasteiger charge is 2.43. The molecule has 0 aromatic rings. The fourth-order valence-corrected chi connectivity index (χ4v) is 1.19. The van der Waals surface area contributed by atoms with Gasteiger partial charge in [0, 0.05) is 10.6 Å². The molecule has 0 radical (unpaired) electrons. The Kier molecular flexibility index (Phi) is 1.41. The van der Waals surface area contributed by atoms with E-state index in [-0.39, 0.29) is 5.82 Å². The van der Waals surface area contributed by atoms with Gasteiger partial charge in [-0.05, 0) is 6.42 Å². The van der Waals surface area contributed by atoms with Crippen LogP contribution in [0.15, 0.2) is 0 Å². The van der Waals surface area contributed by atoms with E-state index in [2.05, 4.69) is 15.9 Å². The van der Waals surface area contributed by atoms with Crippen molar-refractivity contribution in [1.29, 1.82) is 0 Å². The SMILES string of the molecule is OB(O)C1CC1Br. The number of alkyl halides is 1. The van der Waals surface area contributed by atoms with Gasteiger partial charge >= 0.3 is 7.12 Å². The average molecular weight is 165 g/mol. The summed E-state index contributed by atoms with van der Waals surface area (Å²) < 4.78 is 0. The van der Waals surface area contributed by atoms with E-state index in [1.807, 2.05) is 0 Å². The standard InChI is InChI=1S/C3H6BBrO2/c5-3-1-2(3)4(6)7/h2-3,6-7H,1H2. The van der Waals surface area contributed by atoms with E-state index in [0.717, 1.165) is 6.42 Å². The zero-order valence-electron chi connectivity index (χ0n) is 3.71. The zero-order valence-corrected chi connectivity index (χ0v) is 5.30. The Morgan fingerprint density at radius 2 is 2.00 bits per heavy atom. The molecule has 0 aromatic carbocycles. The molecule has 1 rings (SSSR count). The smallest absolute Gasteiger partial charge is 0.427 e. The summed E-state index contributed by atoms with van der Waals surface area (Å²) in [6, 6.07) is 0. The summed E-state index contributed by atoms with van der Waals surface area (Å²) >= 11 is 3.23. The highest BCUT2D eigenvalue weighted by atomic mass is 79.9. The first-order chi connectivity index (χ1) is 3.22. The summed E-state index contributed by atoms with van der Waals surface area (Å²) in [5.41, 5.74) is 0. The lowest BCUT2D eigenvalue weighted by Crippen LogP contribution is -2.11. The molecule has 0 heterocycles. The minimum Gasteiger partial charge on any atom is -0.427 e. The third-order valence-corrected chi connectivity index (χ3v) is 2.19. The molecule has 1 aliphatic rings. The van der Waals surface area contributed by atoms with Gasteiger partial charge in [0.15, 0.2) is 0 Å². The van der Waals surface area contributed by atoms with Crippen molar-refractivity contribution >= 4 is 23.0 Å². The highest BCUT2D eigenvalue weighted by Crippen LogP contribution is 2.44. The quantitative estimate of drug-likeness (QED) is 0.423. The molecule has 4 heteroatoms. The Labute approximate surface area is 50.8 Å². The van der Waals surface area contributed by atoms with Gasteiger partial charge < -0.3 is 10.0 Å². The van der Waals surface area contributed by atoms with Crippen LogP contribution in [0.3, 0.4) is 0 Å². The molecule has 0 aliphatic heterocycles. The number of halogens is 1. The molecule has 2 unspecified atom stereocenters. The Morgan fingerprint density at radius 3 is 2.00 bits per heavy atom. The molecule has 2 atom stereocenters. The fraction of sp³-hybridized carbons (Fsp3) is 1.00. The Morgan fingerprint density at radius 1 is 1.57 bits per heavy atom. The summed E-state index contributed by atoms with van der Waals surface area (Å²) in [6.45, 7) is 0. The normalized spacial score (nSPS) is 38.1. The van der Waals surface area contributed by atoms with Gasteiger partial charge in [-0.2, -0.15) is 0 Å². The van der Waals surface area contributed by atoms with Crippen LogP contribution in [0.1, 0.15) is 6.42 Å². The molecule has 1 aliphatic carbocycles. The molecule has 0 saturated heterocycles. The summed E-state index contributed by atoms with van der Waals surface area (Å²) in [7, 11) is -1.11. The van der Waals surface area contributed by atoms with E-state index in [9.17, 15) is 0 Å². The molecular formula is C3H6BBrO2. The lowest BCUT2D eigenvalue weighted by atomic mass is 9.84. The van der Waals surface area contributed by atoms with Crippen molar-refractivity contribution in [1.82, 2.24) is 0 Å². The fourth-order valence-electron chi connectivity index (χ4n) is 0.490. The topological polar surface area (TPSA) is 40.5 Å². The van der Waals surface area contributed by atoms with Gasteiger partial charge in [-0.1, -0.05) is 15.9 Å². The molecule has 2 N–H and O–H groups in total. The van der Waals surface area contributed by atoms with Gasteiger partial charge in [0.2, 0.25) is 0 Å². The molecule has 1 fully saturated rings. The molecule has 0 amide bonds. The van der Waals surface area contributed by atoms with Crippen LogP contribution >= 0.6 is 15.9 Å². The Balaban J connectivity index is 2.20. The maximum atomic E-state index is 8.39. The van der Waals surface area contributed by atoms with Gasteiger partial charge in [0.05, 0.1) is 0 Å². The third kappa shape index (κ3) is 1.18. The highest BCUT2D eigenvalue weighted by molar-refractivity contribution is 9.09. The van der Waals surface area contributed by atoms with Crippen LogP contribution in [0.4, 0.5) is 0 Å². The molecule has 2 nitrogen and oxygen atoms in total. The lowest BCUT2D eigenvalue weighted by Gasteiger charge is -1.87. The molecule has 40 valence electrons. The minimum atomic E-state index is -1.11. The van der Waals surface area contributed by atoms with E-state index in [0.29, 0.717) is 4.83 Å². The van der Waals surface area contributed by atoms with Crippen LogP contribution < -0.4 is 0 Å².